The molecule has 69 valence electrons. The van der Waals surface area contributed by atoms with Crippen molar-refractivity contribution in [2.24, 2.45) is 0 Å². The highest BCUT2D eigenvalue weighted by Gasteiger charge is 2.09. The minimum Gasteiger partial charge on any atom is -0.450 e. The Labute approximate surface area is 92.2 Å². The van der Waals surface area contributed by atoms with Gasteiger partial charge >= 0.3 is 7.48 Å². The van der Waals surface area contributed by atoms with E-state index in [0.717, 1.165) is 24.1 Å². The Bertz CT molecular complexity index is 428. The average molecular weight is 221 g/mol. The van der Waals surface area contributed by atoms with Gasteiger partial charge in [0.2, 0.25) is 0 Å². The Kier molecular flexibility index (Phi) is 2.92. The molecule has 1 heterocycles. The Morgan fingerprint density at radius 3 is 2.79 bits per heavy atom. The molecule has 0 bridgehead atoms. The summed E-state index contributed by atoms with van der Waals surface area (Å²) in [7, 11) is 1.08. The number of hydrogen-bond acceptors (Lipinski definition) is 2. The fourth-order valence-corrected chi connectivity index (χ4v) is 2.30. The lowest BCUT2D eigenvalue weighted by atomic mass is 9.82. The van der Waals surface area contributed by atoms with Crippen LogP contribution in [0.1, 0.15) is 0 Å². The molecule has 1 nitrogen and oxygen atoms in total. The third-order valence-electron chi connectivity index (χ3n) is 1.99. The third-order valence-corrected chi connectivity index (χ3v) is 2.99. The SMILES string of the molecule is O[B]c1cccc(Cl)c1-c1ccsc1. The highest BCUT2D eigenvalue weighted by molar-refractivity contribution is 7.08. The predicted octanol–water partition coefficient (Wildman–Crippen LogP) is 2.31. The van der Waals surface area contributed by atoms with Crippen molar-refractivity contribution in [1.29, 1.82) is 0 Å². The Hall–Kier alpha value is -0.765. The first-order valence-electron chi connectivity index (χ1n) is 4.11. The molecule has 1 N–H and O–H groups in total. The second-order valence-corrected chi connectivity index (χ2v) is 4.03. The van der Waals surface area contributed by atoms with Crippen LogP contribution in [0.25, 0.3) is 11.1 Å². The van der Waals surface area contributed by atoms with E-state index in [1.165, 1.54) is 0 Å². The third kappa shape index (κ3) is 1.71. The first-order valence-corrected chi connectivity index (χ1v) is 5.43. The van der Waals surface area contributed by atoms with E-state index in [1.807, 2.05) is 35.0 Å². The molecule has 4 heteroatoms. The fraction of sp³-hybridized carbons (Fsp3) is 0. The monoisotopic (exact) mass is 221 g/mol. The summed E-state index contributed by atoms with van der Waals surface area (Å²) in [6.45, 7) is 0. The summed E-state index contributed by atoms with van der Waals surface area (Å²) in [6, 6.07) is 7.46. The van der Waals surface area contributed by atoms with Crippen LogP contribution in [0.2, 0.25) is 5.02 Å². The van der Waals surface area contributed by atoms with Crippen LogP contribution < -0.4 is 5.46 Å². The number of rotatable bonds is 2. The second kappa shape index (κ2) is 4.17. The van der Waals surface area contributed by atoms with Crippen molar-refractivity contribution in [2.75, 3.05) is 0 Å². The summed E-state index contributed by atoms with van der Waals surface area (Å²) in [5.41, 5.74) is 2.68. The van der Waals surface area contributed by atoms with Crippen LogP contribution >= 0.6 is 22.9 Å². The lowest BCUT2D eigenvalue weighted by molar-refractivity contribution is 0.615. The molecular weight excluding hydrogens is 214 g/mol. The van der Waals surface area contributed by atoms with Gasteiger partial charge in [0.15, 0.2) is 0 Å². The minimum atomic E-state index is 0.659. The van der Waals surface area contributed by atoms with Gasteiger partial charge in [-0.3, -0.25) is 0 Å². The Balaban J connectivity index is 2.61. The van der Waals surface area contributed by atoms with Gasteiger partial charge < -0.3 is 5.02 Å². The summed E-state index contributed by atoms with van der Waals surface area (Å²) in [6.07, 6.45) is 0. The summed E-state index contributed by atoms with van der Waals surface area (Å²) in [5.74, 6) is 0. The van der Waals surface area contributed by atoms with E-state index < -0.39 is 0 Å². The van der Waals surface area contributed by atoms with E-state index in [1.54, 1.807) is 11.3 Å². The van der Waals surface area contributed by atoms with E-state index in [-0.39, 0.29) is 0 Å². The molecule has 0 aliphatic carbocycles. The largest absolute Gasteiger partial charge is 0.450 e. The zero-order chi connectivity index (χ0) is 9.97. The fourth-order valence-electron chi connectivity index (χ4n) is 1.36. The molecular formula is C10H7BClOS. The molecule has 0 aliphatic rings. The number of thiophene rings is 1. The Morgan fingerprint density at radius 1 is 1.29 bits per heavy atom. The molecule has 0 saturated carbocycles. The highest BCUT2D eigenvalue weighted by Crippen LogP contribution is 2.27. The van der Waals surface area contributed by atoms with E-state index in [9.17, 15) is 0 Å². The molecule has 1 aromatic heterocycles. The maximum Gasteiger partial charge on any atom is 0.327 e. The zero-order valence-corrected chi connectivity index (χ0v) is 8.85. The molecule has 0 saturated heterocycles. The minimum absolute atomic E-state index is 0.659. The molecule has 1 radical (unpaired) electrons. The van der Waals surface area contributed by atoms with Crippen LogP contribution in [0.4, 0.5) is 0 Å². The molecule has 0 atom stereocenters. The molecule has 0 amide bonds. The molecule has 1 aromatic carbocycles. The van der Waals surface area contributed by atoms with Gasteiger partial charge in [-0.1, -0.05) is 23.7 Å². The second-order valence-electron chi connectivity index (χ2n) is 2.85. The van der Waals surface area contributed by atoms with Gasteiger partial charge in [0, 0.05) is 5.02 Å². The number of benzene rings is 1. The quantitative estimate of drug-likeness (QED) is 0.772. The average Bonchev–Trinajstić information content (AvgIpc) is 2.70. The van der Waals surface area contributed by atoms with Gasteiger partial charge in [-0.2, -0.15) is 11.3 Å². The van der Waals surface area contributed by atoms with Crippen LogP contribution in [0.3, 0.4) is 0 Å². The van der Waals surface area contributed by atoms with Crippen molar-refractivity contribution in [3.63, 3.8) is 0 Å². The predicted molar refractivity (Wildman–Crippen MR) is 62.4 cm³/mol. The summed E-state index contributed by atoms with van der Waals surface area (Å²) in [5, 5.41) is 13.7. The maximum atomic E-state index is 9.06. The first kappa shape index (κ1) is 9.78. The van der Waals surface area contributed by atoms with Crippen LogP contribution in [0, 0.1) is 0 Å². The lowest BCUT2D eigenvalue weighted by Crippen LogP contribution is -2.16. The van der Waals surface area contributed by atoms with Crippen molar-refractivity contribution in [3.05, 3.63) is 40.0 Å². The number of hydrogen-bond donors (Lipinski definition) is 1. The van der Waals surface area contributed by atoms with E-state index in [4.69, 9.17) is 16.6 Å². The standard InChI is InChI=1S/C10H7BClOS/c12-9-3-1-2-8(11-13)10(9)7-4-5-14-6-7/h1-6,13H. The van der Waals surface area contributed by atoms with E-state index in [2.05, 4.69) is 0 Å². The van der Waals surface area contributed by atoms with Crippen molar-refractivity contribution in [3.8, 4) is 11.1 Å². The topological polar surface area (TPSA) is 20.2 Å². The molecule has 2 rings (SSSR count). The summed E-state index contributed by atoms with van der Waals surface area (Å²) >= 11 is 7.68. The number of halogens is 1. The van der Waals surface area contributed by atoms with Crippen LogP contribution in [0.15, 0.2) is 35.0 Å². The summed E-state index contributed by atoms with van der Waals surface area (Å²) < 4.78 is 0. The highest BCUT2D eigenvalue weighted by atomic mass is 35.5. The zero-order valence-electron chi connectivity index (χ0n) is 7.27. The lowest BCUT2D eigenvalue weighted by Gasteiger charge is -2.06. The van der Waals surface area contributed by atoms with Crippen LogP contribution in [-0.2, 0) is 0 Å². The van der Waals surface area contributed by atoms with E-state index in [0.29, 0.717) is 5.02 Å². The van der Waals surface area contributed by atoms with Gasteiger partial charge in [0.25, 0.3) is 0 Å². The van der Waals surface area contributed by atoms with E-state index >= 15 is 0 Å². The van der Waals surface area contributed by atoms with Crippen LogP contribution in [0.5, 0.6) is 0 Å². The molecule has 0 aliphatic heterocycles. The van der Waals surface area contributed by atoms with Gasteiger partial charge in [-0.25, -0.2) is 0 Å². The molecule has 0 unspecified atom stereocenters. The van der Waals surface area contributed by atoms with Crippen molar-refractivity contribution >= 4 is 35.9 Å². The Morgan fingerprint density at radius 2 is 2.14 bits per heavy atom. The molecule has 14 heavy (non-hydrogen) atoms. The first-order chi connectivity index (χ1) is 6.83. The maximum absolute atomic E-state index is 9.06. The summed E-state index contributed by atoms with van der Waals surface area (Å²) in [4.78, 5) is 0. The molecule has 0 spiro atoms. The molecule has 2 aromatic rings. The van der Waals surface area contributed by atoms with Gasteiger partial charge in [0.05, 0.1) is 0 Å². The normalized spacial score (nSPS) is 10.1. The van der Waals surface area contributed by atoms with Crippen molar-refractivity contribution in [1.82, 2.24) is 0 Å². The van der Waals surface area contributed by atoms with Crippen LogP contribution in [-0.4, -0.2) is 12.5 Å². The van der Waals surface area contributed by atoms with Crippen molar-refractivity contribution < 1.29 is 5.02 Å². The smallest absolute Gasteiger partial charge is 0.327 e. The van der Waals surface area contributed by atoms with Gasteiger partial charge in [-0.15, -0.1) is 0 Å². The van der Waals surface area contributed by atoms with Gasteiger partial charge in [0.1, 0.15) is 0 Å². The van der Waals surface area contributed by atoms with Gasteiger partial charge in [-0.05, 0) is 39.5 Å². The van der Waals surface area contributed by atoms with Crippen molar-refractivity contribution in [2.45, 2.75) is 0 Å². The molecule has 0 fully saturated rings.